The van der Waals surface area contributed by atoms with Gasteiger partial charge >= 0.3 is 0 Å². The number of ether oxygens (including phenoxy) is 3. The quantitative estimate of drug-likeness (QED) is 0.147. The molecule has 0 N–H and O–H groups in total. The summed E-state index contributed by atoms with van der Waals surface area (Å²) in [7, 11) is 3.49. The summed E-state index contributed by atoms with van der Waals surface area (Å²) in [6.07, 6.45) is 11.2. The summed E-state index contributed by atoms with van der Waals surface area (Å²) in [6.45, 7) is 11.4. The molecule has 45 heavy (non-hydrogen) atoms. The number of rotatable bonds is 12. The summed E-state index contributed by atoms with van der Waals surface area (Å²) in [5, 5.41) is 0. The Morgan fingerprint density at radius 1 is 0.933 bits per heavy atom. The van der Waals surface area contributed by atoms with Crippen LogP contribution in [-0.2, 0) is 11.3 Å². The third-order valence-corrected chi connectivity index (χ3v) is 9.82. The van der Waals surface area contributed by atoms with Crippen molar-refractivity contribution in [3.63, 3.8) is 0 Å². The molecule has 0 radical (unpaired) electrons. The maximum Gasteiger partial charge on any atom is 0.185 e. The Morgan fingerprint density at radius 2 is 1.67 bits per heavy atom. The van der Waals surface area contributed by atoms with Gasteiger partial charge in [-0.3, -0.25) is 0 Å². The molecule has 0 unspecified atom stereocenters. The van der Waals surface area contributed by atoms with Crippen molar-refractivity contribution in [2.24, 2.45) is 0 Å². The van der Waals surface area contributed by atoms with Gasteiger partial charge in [-0.05, 0) is 130 Å². The molecule has 5 rings (SSSR count). The lowest BCUT2D eigenvalue weighted by molar-refractivity contribution is -0.00491. The van der Waals surface area contributed by atoms with Gasteiger partial charge in [-0.25, -0.2) is 0 Å². The highest BCUT2D eigenvalue weighted by molar-refractivity contribution is 7.98. The lowest BCUT2D eigenvalue weighted by atomic mass is 9.78. The average molecular weight is 629 g/mol. The molecule has 0 atom stereocenters. The predicted octanol–water partition coefficient (Wildman–Crippen LogP) is 9.90. The summed E-state index contributed by atoms with van der Waals surface area (Å²) in [5.41, 5.74) is 6.07. The highest BCUT2D eigenvalue weighted by Gasteiger charge is 2.29. The summed E-state index contributed by atoms with van der Waals surface area (Å²) < 4.78 is 18.1. The van der Waals surface area contributed by atoms with E-state index >= 15 is 0 Å². The number of methoxy groups -OCH3 is 2. The fourth-order valence-electron chi connectivity index (χ4n) is 6.56. The molecule has 5 nitrogen and oxygen atoms in total. The number of thioether (sulfide) groups is 1. The molecule has 6 heteroatoms. The van der Waals surface area contributed by atoms with Gasteiger partial charge in [0, 0.05) is 41.8 Å². The van der Waals surface area contributed by atoms with Gasteiger partial charge < -0.3 is 24.0 Å². The van der Waals surface area contributed by atoms with E-state index in [9.17, 15) is 0 Å². The van der Waals surface area contributed by atoms with E-state index in [4.69, 9.17) is 14.2 Å². The number of nitrogens with zero attached hydrogens (tertiary/aromatic N) is 2. The molecule has 3 aromatic carbocycles. The van der Waals surface area contributed by atoms with Crippen molar-refractivity contribution in [1.82, 2.24) is 4.90 Å². The lowest BCUT2D eigenvalue weighted by Crippen LogP contribution is -2.45. The highest BCUT2D eigenvalue weighted by atomic mass is 32.2. The van der Waals surface area contributed by atoms with Crippen molar-refractivity contribution < 1.29 is 14.2 Å². The molecular formula is C39H52N2O3S. The van der Waals surface area contributed by atoms with Crippen molar-refractivity contribution in [2.45, 2.75) is 95.2 Å². The summed E-state index contributed by atoms with van der Waals surface area (Å²) >= 11 is 1.79. The van der Waals surface area contributed by atoms with E-state index in [0.717, 1.165) is 56.3 Å². The third-order valence-electron chi connectivity index (χ3n) is 9.08. The molecule has 0 bridgehead atoms. The number of allylic oxidation sites excluding steroid dienone is 1. The zero-order valence-corrected chi connectivity index (χ0v) is 29.2. The van der Waals surface area contributed by atoms with E-state index in [1.165, 1.54) is 52.1 Å². The fourth-order valence-corrected chi connectivity index (χ4v) is 6.96. The normalized spacial score (nSPS) is 16.3. The Bertz CT molecular complexity index is 1430. The number of benzene rings is 3. The zero-order chi connectivity index (χ0) is 32.0. The molecule has 2 fully saturated rings. The molecule has 242 valence electrons. The summed E-state index contributed by atoms with van der Waals surface area (Å²) in [4.78, 5) is 6.36. The van der Waals surface area contributed by atoms with Crippen LogP contribution in [0.15, 0.2) is 77.5 Å². The minimum atomic E-state index is -0.208. The second-order valence-electron chi connectivity index (χ2n) is 13.3. The minimum Gasteiger partial charge on any atom is -0.493 e. The Kier molecular flexibility index (Phi) is 11.0. The van der Waals surface area contributed by atoms with Gasteiger partial charge in [-0.15, -0.1) is 11.8 Å². The third kappa shape index (κ3) is 8.13. The smallest absolute Gasteiger partial charge is 0.185 e. The van der Waals surface area contributed by atoms with Crippen molar-refractivity contribution in [3.05, 3.63) is 83.7 Å². The number of piperidine rings is 1. The number of hydrogen-bond acceptors (Lipinski definition) is 6. The van der Waals surface area contributed by atoms with Crippen LogP contribution in [0.2, 0.25) is 0 Å². The maximum absolute atomic E-state index is 6.39. The predicted molar refractivity (Wildman–Crippen MR) is 190 cm³/mol. The minimum absolute atomic E-state index is 0.208. The van der Waals surface area contributed by atoms with Crippen LogP contribution in [0.25, 0.3) is 11.1 Å². The lowest BCUT2D eigenvalue weighted by Gasteiger charge is -2.42. The first-order valence-electron chi connectivity index (χ1n) is 16.6. The molecule has 1 saturated carbocycles. The monoisotopic (exact) mass is 628 g/mol. The van der Waals surface area contributed by atoms with E-state index in [-0.39, 0.29) is 5.60 Å². The molecule has 1 aliphatic heterocycles. The largest absolute Gasteiger partial charge is 0.493 e. The molecule has 3 aromatic rings. The van der Waals surface area contributed by atoms with Crippen LogP contribution in [0, 0.1) is 0 Å². The first-order valence-corrected chi connectivity index (χ1v) is 17.9. The SMILES string of the molecule is CC/C=C(\OC(C)(C)C)N1CCC(N(Cc2cccc(-c3cc(OC)c(OC)c(C4CCC4)c3)c2)c2ccc(SC)cc2)CC1. The second kappa shape index (κ2) is 14.9. The van der Waals surface area contributed by atoms with Gasteiger partial charge in [0.25, 0.3) is 0 Å². The topological polar surface area (TPSA) is 34.2 Å². The molecular weight excluding hydrogens is 577 g/mol. The molecule has 1 saturated heterocycles. The molecule has 1 heterocycles. The molecule has 0 spiro atoms. The van der Waals surface area contributed by atoms with Crippen LogP contribution in [0.4, 0.5) is 5.69 Å². The van der Waals surface area contributed by atoms with Gasteiger partial charge in [0.1, 0.15) is 5.60 Å². The van der Waals surface area contributed by atoms with Crippen LogP contribution in [0.5, 0.6) is 11.5 Å². The number of anilines is 1. The van der Waals surface area contributed by atoms with Crippen LogP contribution in [0.1, 0.15) is 83.3 Å². The van der Waals surface area contributed by atoms with Gasteiger partial charge in [0.2, 0.25) is 0 Å². The second-order valence-corrected chi connectivity index (χ2v) is 14.2. The van der Waals surface area contributed by atoms with E-state index in [2.05, 4.69) is 110 Å². The van der Waals surface area contributed by atoms with E-state index in [0.29, 0.717) is 12.0 Å². The van der Waals surface area contributed by atoms with E-state index < -0.39 is 0 Å². The van der Waals surface area contributed by atoms with Crippen molar-refractivity contribution >= 4 is 17.4 Å². The van der Waals surface area contributed by atoms with Gasteiger partial charge in [0.15, 0.2) is 17.4 Å². The van der Waals surface area contributed by atoms with Gasteiger partial charge in [-0.2, -0.15) is 0 Å². The van der Waals surface area contributed by atoms with Crippen LogP contribution >= 0.6 is 11.8 Å². The van der Waals surface area contributed by atoms with Crippen LogP contribution in [-0.4, -0.2) is 50.1 Å². The Labute approximate surface area is 275 Å². The van der Waals surface area contributed by atoms with Crippen LogP contribution < -0.4 is 14.4 Å². The average Bonchev–Trinajstić information content (AvgIpc) is 3.02. The highest BCUT2D eigenvalue weighted by Crippen LogP contribution is 2.46. The molecule has 0 amide bonds. The fraction of sp³-hybridized carbons (Fsp3) is 0.487. The summed E-state index contributed by atoms with van der Waals surface area (Å²) in [5.74, 6) is 3.28. The van der Waals surface area contributed by atoms with Crippen molar-refractivity contribution in [3.8, 4) is 22.6 Å². The van der Waals surface area contributed by atoms with Crippen molar-refractivity contribution in [2.75, 3.05) is 38.5 Å². The number of likely N-dealkylation sites (tertiary alicyclic amines) is 1. The van der Waals surface area contributed by atoms with Gasteiger partial charge in [-0.1, -0.05) is 31.5 Å². The Balaban J connectivity index is 1.41. The molecule has 2 aliphatic rings. The van der Waals surface area contributed by atoms with E-state index in [1.54, 1.807) is 26.0 Å². The Hall–Kier alpha value is -3.25. The van der Waals surface area contributed by atoms with Gasteiger partial charge in [0.05, 0.1) is 14.2 Å². The maximum atomic E-state index is 6.39. The Morgan fingerprint density at radius 3 is 2.24 bits per heavy atom. The summed E-state index contributed by atoms with van der Waals surface area (Å²) in [6, 6.07) is 23.1. The van der Waals surface area contributed by atoms with Crippen molar-refractivity contribution in [1.29, 1.82) is 0 Å². The number of hydrogen-bond donors (Lipinski definition) is 0. The first-order chi connectivity index (χ1) is 21.7. The van der Waals surface area contributed by atoms with E-state index in [1.807, 2.05) is 0 Å². The standard InChI is InChI=1S/C39H52N2O3S/c1-8-11-37(44-39(2,3)4)40-22-20-33(21-23-40)41(32-16-18-34(45-7)19-17-32)27-28-12-9-15-30(24-28)31-25-35(29-13-10-14-29)38(43-6)36(26-31)42-5/h9,11-12,15-19,24-26,29,33H,8,10,13-14,20-23,27H2,1-7H3/b37-11-. The molecule has 1 aliphatic carbocycles. The molecule has 0 aromatic heterocycles. The van der Waals surface area contributed by atoms with Crippen LogP contribution in [0.3, 0.4) is 0 Å². The first kappa shape index (κ1) is 33.1. The zero-order valence-electron chi connectivity index (χ0n) is 28.4.